The van der Waals surface area contributed by atoms with Crippen LogP contribution in [0.2, 0.25) is 0 Å². The van der Waals surface area contributed by atoms with Crippen LogP contribution in [0.1, 0.15) is 37.5 Å². The second kappa shape index (κ2) is 14.4. The Hall–Kier alpha value is -6.37. The van der Waals surface area contributed by atoms with Gasteiger partial charge in [-0.1, -0.05) is 24.3 Å². The fourth-order valence-electron chi connectivity index (χ4n) is 4.45. The Kier molecular flexibility index (Phi) is 9.88. The molecule has 3 aromatic heterocycles. The van der Waals surface area contributed by atoms with E-state index >= 15 is 0 Å². The van der Waals surface area contributed by atoms with Crippen molar-refractivity contribution >= 4 is 29.2 Å². The smallest absolute Gasteiger partial charge is 0.416 e. The second-order valence-corrected chi connectivity index (χ2v) is 10.5. The molecule has 3 heterocycles. The minimum atomic E-state index is -4.60. The van der Waals surface area contributed by atoms with Gasteiger partial charge in [-0.15, -0.1) is 0 Å². The van der Waals surface area contributed by atoms with Crippen molar-refractivity contribution in [2.24, 2.45) is 0 Å². The molecule has 3 aromatic carbocycles. The lowest BCUT2D eigenvalue weighted by atomic mass is 10.1. The number of nitrogens with one attached hydrogen (secondary N) is 2. The summed E-state index contributed by atoms with van der Waals surface area (Å²) in [6.45, 7) is 3.58. The van der Waals surface area contributed by atoms with Crippen molar-refractivity contribution < 1.29 is 27.9 Å². The molecule has 0 aliphatic rings. The topological polar surface area (TPSA) is 135 Å². The molecule has 0 fully saturated rings. The third kappa shape index (κ3) is 8.46. The van der Waals surface area contributed by atoms with E-state index in [9.17, 15) is 22.8 Å². The second-order valence-electron chi connectivity index (χ2n) is 10.5. The van der Waals surface area contributed by atoms with Crippen molar-refractivity contribution in [3.8, 4) is 16.9 Å². The Balaban J connectivity index is 0.000000434. The molecule has 0 spiro atoms. The van der Waals surface area contributed by atoms with Gasteiger partial charge in [0.05, 0.1) is 28.8 Å². The Morgan fingerprint density at radius 2 is 1.65 bits per heavy atom. The number of aromatic nitrogens is 5. The molecule has 0 saturated carbocycles. The molecule has 0 radical (unpaired) electrons. The van der Waals surface area contributed by atoms with Crippen LogP contribution >= 0.6 is 0 Å². The van der Waals surface area contributed by atoms with Crippen LogP contribution in [0.5, 0.6) is 0 Å². The van der Waals surface area contributed by atoms with Gasteiger partial charge in [-0.25, -0.2) is 19.7 Å². The summed E-state index contributed by atoms with van der Waals surface area (Å²) in [4.78, 5) is 40.3. The zero-order valence-corrected chi connectivity index (χ0v) is 25.6. The Morgan fingerprint density at radius 3 is 2.29 bits per heavy atom. The molecule has 10 nitrogen and oxygen atoms in total. The number of carboxylic acids is 1. The third-order valence-corrected chi connectivity index (χ3v) is 6.89. The number of hydrogen-bond acceptors (Lipinski definition) is 7. The van der Waals surface area contributed by atoms with Gasteiger partial charge in [0, 0.05) is 53.0 Å². The molecule has 3 N–H and O–H groups in total. The van der Waals surface area contributed by atoms with E-state index in [-0.39, 0.29) is 16.9 Å². The molecule has 6 aromatic rings. The highest BCUT2D eigenvalue weighted by Gasteiger charge is 2.31. The standard InChI is InChI=1S/C28H22F3N7O.C7H6O2/c1-17-5-6-19(10-25(17)37-27-33-9-7-24(36-27)20-4-3-8-32-14-20)26(39)35-22-11-21(28(29,30)31)12-23(13-22)38-15-18(2)34-16-38;8-7(9)6-4-2-1-3-5-6/h3-16H,1-2H3,(H,35,39)(H,33,36,37);1-5H,(H,8,9). The number of anilines is 3. The van der Waals surface area contributed by atoms with Crippen LogP contribution in [0.3, 0.4) is 0 Å². The summed E-state index contributed by atoms with van der Waals surface area (Å²) >= 11 is 0. The van der Waals surface area contributed by atoms with Crippen LogP contribution in [0.15, 0.2) is 116 Å². The number of aromatic carboxylic acids is 1. The fourth-order valence-corrected chi connectivity index (χ4v) is 4.45. The number of carbonyl (C=O) groups excluding carboxylic acids is 1. The maximum atomic E-state index is 13.6. The monoisotopic (exact) mass is 651 g/mol. The molecule has 48 heavy (non-hydrogen) atoms. The van der Waals surface area contributed by atoms with Crippen molar-refractivity contribution in [3.05, 3.63) is 144 Å². The zero-order chi connectivity index (χ0) is 34.3. The third-order valence-electron chi connectivity index (χ3n) is 6.89. The van der Waals surface area contributed by atoms with E-state index in [2.05, 4.69) is 30.6 Å². The van der Waals surface area contributed by atoms with Crippen LogP contribution in [0, 0.1) is 13.8 Å². The molecule has 6 rings (SSSR count). The number of benzene rings is 3. The molecular formula is C35H28F3N7O3. The number of amides is 1. The zero-order valence-electron chi connectivity index (χ0n) is 25.6. The highest BCUT2D eigenvalue weighted by atomic mass is 19.4. The van der Waals surface area contributed by atoms with Crippen LogP contribution in [0.4, 0.5) is 30.5 Å². The fraction of sp³-hybridized carbons (Fsp3) is 0.0857. The predicted molar refractivity (Wildman–Crippen MR) is 174 cm³/mol. The summed E-state index contributed by atoms with van der Waals surface area (Å²) in [6, 6.07) is 22.0. The van der Waals surface area contributed by atoms with Crippen LogP contribution < -0.4 is 10.6 Å². The lowest BCUT2D eigenvalue weighted by Gasteiger charge is -2.14. The molecule has 0 atom stereocenters. The van der Waals surface area contributed by atoms with Gasteiger partial charge in [-0.05, 0) is 80.1 Å². The predicted octanol–water partition coefficient (Wildman–Crippen LogP) is 7.74. The Bertz CT molecular complexity index is 2050. The molecule has 1 amide bonds. The summed E-state index contributed by atoms with van der Waals surface area (Å²) < 4.78 is 42.3. The highest BCUT2D eigenvalue weighted by Crippen LogP contribution is 2.33. The first kappa shape index (κ1) is 33.0. The summed E-state index contributed by atoms with van der Waals surface area (Å²) in [5.41, 5.74) is 3.42. The number of pyridine rings is 1. The number of carbonyl (C=O) groups is 2. The van der Waals surface area contributed by atoms with E-state index < -0.39 is 23.6 Å². The lowest BCUT2D eigenvalue weighted by molar-refractivity contribution is -0.137. The van der Waals surface area contributed by atoms with Crippen molar-refractivity contribution in [1.82, 2.24) is 24.5 Å². The lowest BCUT2D eigenvalue weighted by Crippen LogP contribution is -2.14. The first-order valence-electron chi connectivity index (χ1n) is 14.4. The largest absolute Gasteiger partial charge is 0.478 e. The van der Waals surface area contributed by atoms with Gasteiger partial charge in [0.1, 0.15) is 0 Å². The van der Waals surface area contributed by atoms with E-state index in [4.69, 9.17) is 5.11 Å². The van der Waals surface area contributed by atoms with Gasteiger partial charge < -0.3 is 20.3 Å². The van der Waals surface area contributed by atoms with Crippen molar-refractivity contribution in [3.63, 3.8) is 0 Å². The molecule has 13 heteroatoms. The quantitative estimate of drug-likeness (QED) is 0.160. The number of hydrogen-bond donors (Lipinski definition) is 3. The number of aryl methyl sites for hydroxylation is 2. The van der Waals surface area contributed by atoms with Gasteiger partial charge in [-0.2, -0.15) is 13.2 Å². The van der Waals surface area contributed by atoms with Gasteiger partial charge in [0.2, 0.25) is 5.95 Å². The van der Waals surface area contributed by atoms with E-state index in [1.807, 2.05) is 13.0 Å². The molecule has 0 aliphatic heterocycles. The maximum Gasteiger partial charge on any atom is 0.416 e. The van der Waals surface area contributed by atoms with E-state index in [0.29, 0.717) is 28.6 Å². The molecule has 0 aliphatic carbocycles. The van der Waals surface area contributed by atoms with Gasteiger partial charge in [-0.3, -0.25) is 9.78 Å². The SMILES string of the molecule is Cc1cn(-c2cc(NC(=O)c3ccc(C)c(Nc4nccc(-c5cccnc5)n4)c3)cc(C(F)(F)F)c2)cn1.O=C(O)c1ccccc1. The summed E-state index contributed by atoms with van der Waals surface area (Å²) in [5.74, 6) is -1.14. The molecule has 242 valence electrons. The van der Waals surface area contributed by atoms with Gasteiger partial charge in [0.25, 0.3) is 5.91 Å². The first-order valence-corrected chi connectivity index (χ1v) is 14.4. The average Bonchev–Trinajstić information content (AvgIpc) is 3.52. The van der Waals surface area contributed by atoms with Gasteiger partial charge >= 0.3 is 12.1 Å². The number of nitrogens with zero attached hydrogens (tertiary/aromatic N) is 5. The van der Waals surface area contributed by atoms with Crippen LogP contribution in [-0.4, -0.2) is 41.5 Å². The van der Waals surface area contributed by atoms with E-state index in [1.165, 1.54) is 17.0 Å². The molecular weight excluding hydrogens is 623 g/mol. The van der Waals surface area contributed by atoms with Crippen molar-refractivity contribution in [2.75, 3.05) is 10.6 Å². The normalized spacial score (nSPS) is 10.9. The molecule has 0 saturated heterocycles. The van der Waals surface area contributed by atoms with Crippen LogP contribution in [0.25, 0.3) is 16.9 Å². The summed E-state index contributed by atoms with van der Waals surface area (Å²) in [6.07, 6.45) is 3.38. The number of halogens is 3. The van der Waals surface area contributed by atoms with Crippen molar-refractivity contribution in [1.29, 1.82) is 0 Å². The Labute approximate surface area is 273 Å². The minimum Gasteiger partial charge on any atom is -0.478 e. The number of carboxylic acid groups (broad SMARTS) is 1. The number of imidazole rings is 1. The van der Waals surface area contributed by atoms with E-state index in [0.717, 1.165) is 23.3 Å². The summed E-state index contributed by atoms with van der Waals surface area (Å²) in [7, 11) is 0. The maximum absolute atomic E-state index is 13.6. The van der Waals surface area contributed by atoms with Crippen LogP contribution in [-0.2, 0) is 6.18 Å². The van der Waals surface area contributed by atoms with Crippen molar-refractivity contribution in [2.45, 2.75) is 20.0 Å². The highest BCUT2D eigenvalue weighted by molar-refractivity contribution is 6.05. The summed E-state index contributed by atoms with van der Waals surface area (Å²) in [5, 5.41) is 14.1. The molecule has 0 bridgehead atoms. The Morgan fingerprint density at radius 1 is 0.854 bits per heavy atom. The van der Waals surface area contributed by atoms with E-state index in [1.54, 1.807) is 92.4 Å². The molecule has 0 unspecified atom stereocenters. The average molecular weight is 652 g/mol. The number of rotatable bonds is 7. The number of alkyl halides is 3. The first-order chi connectivity index (χ1) is 23.0. The minimum absolute atomic E-state index is 0.00114. The van der Waals surface area contributed by atoms with Gasteiger partial charge in [0.15, 0.2) is 0 Å².